The summed E-state index contributed by atoms with van der Waals surface area (Å²) in [4.78, 5) is 4.37. The Kier molecular flexibility index (Phi) is 3.08. The third-order valence-corrected chi connectivity index (χ3v) is 2.90. The number of hydrogen-bond donors (Lipinski definition) is 1. The van der Waals surface area contributed by atoms with E-state index in [0.29, 0.717) is 13.1 Å². The normalized spacial score (nSPS) is 10.8. The molecule has 0 saturated heterocycles. The molecule has 0 bridgehead atoms. The summed E-state index contributed by atoms with van der Waals surface area (Å²) in [6.07, 6.45) is 2.69. The monoisotopic (exact) mass is 223 g/mol. The summed E-state index contributed by atoms with van der Waals surface area (Å²) in [7, 11) is 0. The summed E-state index contributed by atoms with van der Waals surface area (Å²) in [5, 5.41) is 11.1. The van der Waals surface area contributed by atoms with Gasteiger partial charge in [-0.05, 0) is 13.5 Å². The molecule has 0 fully saturated rings. The van der Waals surface area contributed by atoms with Gasteiger partial charge >= 0.3 is 0 Å². The number of nitrogens with two attached hydrogens (primary N) is 1. The standard InChI is InChI=1S/C9H13N5S/c1-7-6-15-9(11-7)5-14-4-8(2-3-10)12-13-14/h4,6H,2-3,5,10H2,1H3. The van der Waals surface area contributed by atoms with Crippen molar-refractivity contribution in [3.63, 3.8) is 0 Å². The smallest absolute Gasteiger partial charge is 0.114 e. The van der Waals surface area contributed by atoms with Crippen molar-refractivity contribution in [2.24, 2.45) is 5.73 Å². The average molecular weight is 223 g/mol. The maximum atomic E-state index is 5.44. The van der Waals surface area contributed by atoms with Crippen LogP contribution in [0.1, 0.15) is 16.4 Å². The fraction of sp³-hybridized carbons (Fsp3) is 0.444. The van der Waals surface area contributed by atoms with E-state index in [-0.39, 0.29) is 0 Å². The summed E-state index contributed by atoms with van der Waals surface area (Å²) < 4.78 is 1.79. The topological polar surface area (TPSA) is 69.6 Å². The molecule has 6 heteroatoms. The Morgan fingerprint density at radius 3 is 3.07 bits per heavy atom. The summed E-state index contributed by atoms with van der Waals surface area (Å²) >= 11 is 1.64. The van der Waals surface area contributed by atoms with Crippen molar-refractivity contribution in [3.8, 4) is 0 Å². The van der Waals surface area contributed by atoms with Crippen molar-refractivity contribution >= 4 is 11.3 Å². The van der Waals surface area contributed by atoms with Gasteiger partial charge in [-0.2, -0.15) is 0 Å². The van der Waals surface area contributed by atoms with Crippen LogP contribution in [-0.2, 0) is 13.0 Å². The highest BCUT2D eigenvalue weighted by Crippen LogP contribution is 2.09. The number of rotatable bonds is 4. The molecule has 2 rings (SSSR count). The van der Waals surface area contributed by atoms with Crippen molar-refractivity contribution in [1.82, 2.24) is 20.0 Å². The van der Waals surface area contributed by atoms with Gasteiger partial charge in [0.05, 0.1) is 12.2 Å². The van der Waals surface area contributed by atoms with Gasteiger partial charge in [-0.3, -0.25) is 0 Å². The van der Waals surface area contributed by atoms with E-state index in [0.717, 1.165) is 22.8 Å². The van der Waals surface area contributed by atoms with Crippen LogP contribution >= 0.6 is 11.3 Å². The second-order valence-electron chi connectivity index (χ2n) is 3.33. The van der Waals surface area contributed by atoms with E-state index in [2.05, 4.69) is 15.3 Å². The predicted molar refractivity (Wildman–Crippen MR) is 58.7 cm³/mol. The van der Waals surface area contributed by atoms with E-state index in [1.165, 1.54) is 0 Å². The zero-order valence-electron chi connectivity index (χ0n) is 8.55. The number of aromatic nitrogens is 4. The van der Waals surface area contributed by atoms with Crippen LogP contribution < -0.4 is 5.73 Å². The lowest BCUT2D eigenvalue weighted by Gasteiger charge is -1.94. The Morgan fingerprint density at radius 1 is 1.53 bits per heavy atom. The molecule has 5 nitrogen and oxygen atoms in total. The van der Waals surface area contributed by atoms with Gasteiger partial charge in [0.15, 0.2) is 0 Å². The van der Waals surface area contributed by atoms with E-state index in [9.17, 15) is 0 Å². The highest BCUT2D eigenvalue weighted by Gasteiger charge is 2.03. The first-order valence-electron chi connectivity index (χ1n) is 4.78. The summed E-state index contributed by atoms with van der Waals surface area (Å²) in [5.74, 6) is 0. The maximum absolute atomic E-state index is 5.44. The maximum Gasteiger partial charge on any atom is 0.114 e. The average Bonchev–Trinajstić information content (AvgIpc) is 2.78. The molecule has 0 atom stereocenters. The molecule has 2 heterocycles. The van der Waals surface area contributed by atoms with E-state index in [4.69, 9.17) is 5.73 Å². The number of nitrogens with zero attached hydrogens (tertiary/aromatic N) is 4. The predicted octanol–water partition coefficient (Wildman–Crippen LogP) is 0.593. The van der Waals surface area contributed by atoms with Crippen molar-refractivity contribution in [3.05, 3.63) is 28.0 Å². The fourth-order valence-corrected chi connectivity index (χ4v) is 2.05. The van der Waals surface area contributed by atoms with Gasteiger partial charge < -0.3 is 5.73 Å². The van der Waals surface area contributed by atoms with Crippen LogP contribution in [0.2, 0.25) is 0 Å². The number of hydrogen-bond acceptors (Lipinski definition) is 5. The quantitative estimate of drug-likeness (QED) is 0.823. The number of aryl methyl sites for hydroxylation is 1. The van der Waals surface area contributed by atoms with Gasteiger partial charge in [0.2, 0.25) is 0 Å². The second-order valence-corrected chi connectivity index (χ2v) is 4.27. The third-order valence-electron chi connectivity index (χ3n) is 1.95. The molecule has 0 saturated carbocycles. The Labute approximate surface area is 91.9 Å². The molecule has 0 radical (unpaired) electrons. The van der Waals surface area contributed by atoms with Crippen molar-refractivity contribution in [1.29, 1.82) is 0 Å². The molecule has 0 aliphatic rings. The third kappa shape index (κ3) is 2.60. The van der Waals surface area contributed by atoms with Crippen LogP contribution in [0.3, 0.4) is 0 Å². The molecular formula is C9H13N5S. The first-order valence-corrected chi connectivity index (χ1v) is 5.66. The summed E-state index contributed by atoms with van der Waals surface area (Å²) in [5.41, 5.74) is 7.43. The van der Waals surface area contributed by atoms with Crippen molar-refractivity contribution in [2.45, 2.75) is 19.9 Å². The SMILES string of the molecule is Cc1csc(Cn2cc(CCN)nn2)n1. The van der Waals surface area contributed by atoms with Crippen LogP contribution in [0.5, 0.6) is 0 Å². The largest absolute Gasteiger partial charge is 0.330 e. The molecule has 2 aromatic rings. The fourth-order valence-electron chi connectivity index (χ4n) is 1.29. The molecular weight excluding hydrogens is 210 g/mol. The van der Waals surface area contributed by atoms with E-state index in [1.54, 1.807) is 16.0 Å². The second kappa shape index (κ2) is 4.50. The van der Waals surface area contributed by atoms with Crippen molar-refractivity contribution in [2.75, 3.05) is 6.54 Å². The van der Waals surface area contributed by atoms with Gasteiger partial charge in [-0.1, -0.05) is 5.21 Å². The van der Waals surface area contributed by atoms with Crippen LogP contribution in [0, 0.1) is 6.92 Å². The van der Waals surface area contributed by atoms with Crippen LogP contribution in [-0.4, -0.2) is 26.5 Å². The molecule has 0 aromatic carbocycles. The molecule has 2 N–H and O–H groups in total. The lowest BCUT2D eigenvalue weighted by molar-refractivity contribution is 0.646. The molecule has 2 aromatic heterocycles. The van der Waals surface area contributed by atoms with Crippen LogP contribution in [0.25, 0.3) is 0 Å². The van der Waals surface area contributed by atoms with E-state index < -0.39 is 0 Å². The van der Waals surface area contributed by atoms with Gasteiger partial charge in [0, 0.05) is 23.7 Å². The van der Waals surface area contributed by atoms with Gasteiger partial charge in [0.25, 0.3) is 0 Å². The Bertz CT molecular complexity index is 433. The molecule has 0 amide bonds. The molecule has 0 aliphatic carbocycles. The first-order chi connectivity index (χ1) is 7.28. The van der Waals surface area contributed by atoms with Gasteiger partial charge in [-0.25, -0.2) is 9.67 Å². The van der Waals surface area contributed by atoms with Crippen LogP contribution in [0.15, 0.2) is 11.6 Å². The lowest BCUT2D eigenvalue weighted by atomic mass is 10.3. The summed E-state index contributed by atoms with van der Waals surface area (Å²) in [6, 6.07) is 0. The minimum atomic E-state index is 0.606. The zero-order valence-corrected chi connectivity index (χ0v) is 9.37. The molecule has 0 unspecified atom stereocenters. The summed E-state index contributed by atoms with van der Waals surface area (Å²) in [6.45, 7) is 3.28. The van der Waals surface area contributed by atoms with Gasteiger partial charge in [-0.15, -0.1) is 16.4 Å². The van der Waals surface area contributed by atoms with Crippen molar-refractivity contribution < 1.29 is 0 Å². The van der Waals surface area contributed by atoms with Gasteiger partial charge in [0.1, 0.15) is 5.01 Å². The van der Waals surface area contributed by atoms with Crippen LogP contribution in [0.4, 0.5) is 0 Å². The zero-order chi connectivity index (χ0) is 10.7. The minimum Gasteiger partial charge on any atom is -0.330 e. The lowest BCUT2D eigenvalue weighted by Crippen LogP contribution is -2.02. The Morgan fingerprint density at radius 2 is 2.40 bits per heavy atom. The Balaban J connectivity index is 2.04. The first kappa shape index (κ1) is 10.3. The Hall–Kier alpha value is -1.27. The van der Waals surface area contributed by atoms with E-state index >= 15 is 0 Å². The molecule has 15 heavy (non-hydrogen) atoms. The minimum absolute atomic E-state index is 0.606. The molecule has 80 valence electrons. The molecule has 0 aliphatic heterocycles. The van der Waals surface area contributed by atoms with E-state index in [1.807, 2.05) is 18.5 Å². The highest BCUT2D eigenvalue weighted by molar-refractivity contribution is 7.09. The highest BCUT2D eigenvalue weighted by atomic mass is 32.1. The molecule has 0 spiro atoms. The number of thiazole rings is 1.